The molecule has 1 aromatic heterocycles. The summed E-state index contributed by atoms with van der Waals surface area (Å²) >= 11 is 0. The molecule has 23 heavy (non-hydrogen) atoms. The zero-order valence-electron chi connectivity index (χ0n) is 12.9. The Morgan fingerprint density at radius 1 is 1.30 bits per heavy atom. The van der Waals surface area contributed by atoms with Crippen LogP contribution in [0.3, 0.4) is 0 Å². The van der Waals surface area contributed by atoms with Crippen molar-refractivity contribution in [3.63, 3.8) is 0 Å². The summed E-state index contributed by atoms with van der Waals surface area (Å²) in [6, 6.07) is -0.127. The van der Waals surface area contributed by atoms with Crippen molar-refractivity contribution in [3.8, 4) is 0 Å². The van der Waals surface area contributed by atoms with Gasteiger partial charge in [-0.05, 0) is 25.3 Å². The first kappa shape index (κ1) is 14.2. The average Bonchev–Trinajstić information content (AvgIpc) is 3.06. The topological polar surface area (TPSA) is 75.4 Å². The van der Waals surface area contributed by atoms with Crippen LogP contribution in [0.1, 0.15) is 43.6 Å². The van der Waals surface area contributed by atoms with E-state index in [0.29, 0.717) is 12.0 Å². The molecule has 3 aliphatic heterocycles. The van der Waals surface area contributed by atoms with Crippen LogP contribution in [0.5, 0.6) is 0 Å². The van der Waals surface area contributed by atoms with E-state index in [9.17, 15) is 9.59 Å². The number of β-lactam (4-membered cyclic amide) rings is 1. The number of hydrogen-bond acceptors (Lipinski definition) is 3. The second-order valence-electron chi connectivity index (χ2n) is 6.36. The number of rotatable bonds is 2. The molecule has 0 bridgehead atoms. The maximum absolute atomic E-state index is 12.2. The van der Waals surface area contributed by atoms with E-state index in [2.05, 4.69) is 9.55 Å². The standard InChI is InChI=1S/C17H19N3O3/c21-16-12(13-6-7-14(17(22)23)20(13)16)9-11-10-19-8-4-2-1-3-5-15(19)18-11/h7,9-10,13H,1-6,8H2,(H,22,23)/b12-9+. The highest BCUT2D eigenvalue weighted by atomic mass is 16.4. The molecule has 6 heteroatoms. The lowest BCUT2D eigenvalue weighted by Crippen LogP contribution is -2.52. The van der Waals surface area contributed by atoms with Gasteiger partial charge < -0.3 is 9.67 Å². The van der Waals surface area contributed by atoms with Gasteiger partial charge in [-0.25, -0.2) is 9.78 Å². The Hall–Kier alpha value is -2.37. The molecule has 6 nitrogen and oxygen atoms in total. The van der Waals surface area contributed by atoms with E-state index < -0.39 is 5.97 Å². The molecule has 1 aromatic rings. The number of amides is 1. The number of nitrogens with zero attached hydrogens (tertiary/aromatic N) is 3. The summed E-state index contributed by atoms with van der Waals surface area (Å²) in [4.78, 5) is 29.4. The molecule has 0 aliphatic carbocycles. The summed E-state index contributed by atoms with van der Waals surface area (Å²) in [5.74, 6) is -0.151. The van der Waals surface area contributed by atoms with E-state index in [0.717, 1.165) is 30.9 Å². The Kier molecular flexibility index (Phi) is 3.32. The fourth-order valence-electron chi connectivity index (χ4n) is 3.69. The molecule has 1 atom stereocenters. The maximum Gasteiger partial charge on any atom is 0.352 e. The number of fused-ring (bicyclic) bond motifs is 2. The second-order valence-corrected chi connectivity index (χ2v) is 6.36. The van der Waals surface area contributed by atoms with Crippen molar-refractivity contribution in [3.05, 3.63) is 35.1 Å². The molecule has 0 saturated carbocycles. The Bertz CT molecular complexity index is 719. The molecular formula is C17H19N3O3. The number of carboxylic acids is 1. The number of carbonyl (C=O) groups excluding carboxylic acids is 1. The van der Waals surface area contributed by atoms with Crippen LogP contribution in [0.25, 0.3) is 6.08 Å². The minimum absolute atomic E-state index is 0.106. The van der Waals surface area contributed by atoms with Crippen molar-refractivity contribution >= 4 is 18.0 Å². The molecule has 0 aromatic carbocycles. The van der Waals surface area contributed by atoms with E-state index in [1.165, 1.54) is 24.2 Å². The zero-order chi connectivity index (χ0) is 16.0. The molecule has 1 unspecified atom stereocenters. The van der Waals surface area contributed by atoms with Gasteiger partial charge in [-0.1, -0.05) is 18.9 Å². The normalized spacial score (nSPS) is 25.3. The van der Waals surface area contributed by atoms with Crippen molar-refractivity contribution in [2.45, 2.75) is 51.1 Å². The van der Waals surface area contributed by atoms with Gasteiger partial charge in [0.25, 0.3) is 5.91 Å². The van der Waals surface area contributed by atoms with Crippen molar-refractivity contribution in [1.82, 2.24) is 14.5 Å². The third-order valence-electron chi connectivity index (χ3n) is 4.88. The highest BCUT2D eigenvalue weighted by Gasteiger charge is 2.48. The molecule has 1 fully saturated rings. The van der Waals surface area contributed by atoms with E-state index >= 15 is 0 Å². The van der Waals surface area contributed by atoms with Crippen LogP contribution in [-0.2, 0) is 22.6 Å². The van der Waals surface area contributed by atoms with Gasteiger partial charge >= 0.3 is 5.97 Å². The minimum atomic E-state index is -1.04. The van der Waals surface area contributed by atoms with Crippen molar-refractivity contribution in [2.75, 3.05) is 0 Å². The molecule has 120 valence electrons. The van der Waals surface area contributed by atoms with Crippen LogP contribution >= 0.6 is 0 Å². The number of carbonyl (C=O) groups is 2. The van der Waals surface area contributed by atoms with Gasteiger partial charge in [0.05, 0.1) is 11.7 Å². The Morgan fingerprint density at radius 3 is 2.96 bits per heavy atom. The molecule has 1 saturated heterocycles. The van der Waals surface area contributed by atoms with Crippen LogP contribution in [0.15, 0.2) is 23.5 Å². The van der Waals surface area contributed by atoms with Gasteiger partial charge in [0, 0.05) is 24.7 Å². The second kappa shape index (κ2) is 5.37. The van der Waals surface area contributed by atoms with Gasteiger partial charge in [-0.3, -0.25) is 9.69 Å². The third-order valence-corrected chi connectivity index (χ3v) is 4.88. The Morgan fingerprint density at radius 2 is 2.13 bits per heavy atom. The van der Waals surface area contributed by atoms with Gasteiger partial charge in [0.15, 0.2) is 0 Å². The fourth-order valence-corrected chi connectivity index (χ4v) is 3.69. The van der Waals surface area contributed by atoms with Gasteiger partial charge in [0.1, 0.15) is 11.5 Å². The van der Waals surface area contributed by atoms with E-state index in [4.69, 9.17) is 5.11 Å². The number of aryl methyl sites for hydroxylation is 2. The highest BCUT2D eigenvalue weighted by molar-refractivity contribution is 6.10. The lowest BCUT2D eigenvalue weighted by atomic mass is 9.94. The van der Waals surface area contributed by atoms with Crippen LogP contribution in [0.2, 0.25) is 0 Å². The van der Waals surface area contributed by atoms with Crippen LogP contribution in [0, 0.1) is 0 Å². The maximum atomic E-state index is 12.2. The first-order valence-corrected chi connectivity index (χ1v) is 8.20. The van der Waals surface area contributed by atoms with Crippen molar-refractivity contribution < 1.29 is 14.7 Å². The van der Waals surface area contributed by atoms with Crippen molar-refractivity contribution in [1.29, 1.82) is 0 Å². The summed E-state index contributed by atoms with van der Waals surface area (Å²) in [5.41, 5.74) is 1.59. The number of carboxylic acid groups (broad SMARTS) is 1. The average molecular weight is 313 g/mol. The number of imidazole rings is 1. The fraction of sp³-hybridized carbons (Fsp3) is 0.471. The monoisotopic (exact) mass is 313 g/mol. The number of aromatic nitrogens is 2. The van der Waals surface area contributed by atoms with Crippen LogP contribution < -0.4 is 0 Å². The summed E-state index contributed by atoms with van der Waals surface area (Å²) in [6.45, 7) is 0.986. The SMILES string of the molecule is O=C(O)C1=CCC2/C(=C\c3cn4c(n3)CCCCCC4)C(=O)N12. The molecule has 1 N–H and O–H groups in total. The minimum Gasteiger partial charge on any atom is -0.477 e. The summed E-state index contributed by atoms with van der Waals surface area (Å²) < 4.78 is 2.20. The first-order chi connectivity index (χ1) is 11.1. The smallest absolute Gasteiger partial charge is 0.352 e. The quantitative estimate of drug-likeness (QED) is 0.669. The molecule has 4 heterocycles. The highest BCUT2D eigenvalue weighted by Crippen LogP contribution is 2.38. The lowest BCUT2D eigenvalue weighted by Gasteiger charge is -2.38. The Labute approximate surface area is 134 Å². The van der Waals surface area contributed by atoms with E-state index in [1.54, 1.807) is 6.08 Å². The van der Waals surface area contributed by atoms with E-state index in [1.807, 2.05) is 12.3 Å². The van der Waals surface area contributed by atoms with Crippen LogP contribution in [-0.4, -0.2) is 37.5 Å². The summed E-state index contributed by atoms with van der Waals surface area (Å²) in [7, 11) is 0. The van der Waals surface area contributed by atoms with E-state index in [-0.39, 0.29) is 17.6 Å². The zero-order valence-corrected chi connectivity index (χ0v) is 12.9. The van der Waals surface area contributed by atoms with Gasteiger partial charge in [-0.15, -0.1) is 0 Å². The van der Waals surface area contributed by atoms with Crippen molar-refractivity contribution in [2.24, 2.45) is 0 Å². The van der Waals surface area contributed by atoms with Crippen LogP contribution in [0.4, 0.5) is 0 Å². The third kappa shape index (κ3) is 2.29. The molecule has 1 amide bonds. The van der Waals surface area contributed by atoms with Gasteiger partial charge in [0.2, 0.25) is 0 Å². The summed E-state index contributed by atoms with van der Waals surface area (Å²) in [5, 5.41) is 9.10. The largest absolute Gasteiger partial charge is 0.477 e. The predicted molar refractivity (Wildman–Crippen MR) is 83.3 cm³/mol. The first-order valence-electron chi connectivity index (χ1n) is 8.20. The molecule has 0 radical (unpaired) electrons. The lowest BCUT2D eigenvalue weighted by molar-refractivity contribution is -0.142. The number of hydrogen-bond donors (Lipinski definition) is 1. The number of aliphatic carboxylic acids is 1. The molecule has 3 aliphatic rings. The molecule has 4 rings (SSSR count). The summed E-state index contributed by atoms with van der Waals surface area (Å²) in [6.07, 6.45) is 11.9. The molecule has 0 spiro atoms. The Balaban J connectivity index is 1.57. The molecular weight excluding hydrogens is 294 g/mol. The predicted octanol–water partition coefficient (Wildman–Crippen LogP) is 1.97. The van der Waals surface area contributed by atoms with Gasteiger partial charge in [-0.2, -0.15) is 0 Å².